The molecule has 0 radical (unpaired) electrons. The molecule has 162 valence electrons. The molecule has 0 aromatic heterocycles. The quantitative estimate of drug-likeness (QED) is 0.343. The molecular weight excluding hydrogens is 474 g/mol. The normalized spacial score (nSPS) is 12.0. The second-order valence-electron chi connectivity index (χ2n) is 9.21. The van der Waals surface area contributed by atoms with Gasteiger partial charge in [-0.3, -0.25) is 4.79 Å². The summed E-state index contributed by atoms with van der Waals surface area (Å²) in [5.74, 6) is 0.0618. The molecule has 0 atom stereocenters. The van der Waals surface area contributed by atoms with E-state index in [2.05, 4.69) is 108 Å². The summed E-state index contributed by atoms with van der Waals surface area (Å²) in [5, 5.41) is 4.54. The third kappa shape index (κ3) is 4.17. The largest absolute Gasteiger partial charge is 0.373 e. The van der Waals surface area contributed by atoms with Crippen molar-refractivity contribution >= 4 is 51.2 Å². The van der Waals surface area contributed by atoms with E-state index in [1.807, 2.05) is 30.3 Å². The number of hydrogen-bond acceptors (Lipinski definition) is 1. The molecule has 0 aliphatic rings. The number of halogens is 1. The van der Waals surface area contributed by atoms with Gasteiger partial charge < -0.3 is 4.98 Å². The minimum atomic E-state index is -2.65. The van der Waals surface area contributed by atoms with Crippen molar-refractivity contribution in [3.63, 3.8) is 0 Å². The molecule has 4 heteroatoms. The van der Waals surface area contributed by atoms with E-state index in [0.717, 1.165) is 20.8 Å². The van der Waals surface area contributed by atoms with Crippen molar-refractivity contribution in [3.8, 4) is 0 Å². The van der Waals surface area contributed by atoms with Crippen LogP contribution in [0, 0.1) is 0 Å². The molecule has 0 heterocycles. The van der Waals surface area contributed by atoms with E-state index in [4.69, 9.17) is 0 Å². The molecule has 1 amide bonds. The highest BCUT2D eigenvalue weighted by atomic mass is 79.9. The summed E-state index contributed by atoms with van der Waals surface area (Å²) in [6, 6.07) is 33.3. The second-order valence-corrected chi connectivity index (χ2v) is 14.5. The smallest absolute Gasteiger partial charge is 0.225 e. The topological polar surface area (TPSA) is 29.1 Å². The predicted molar refractivity (Wildman–Crippen MR) is 141 cm³/mol. The molecule has 1 N–H and O–H groups in total. The predicted octanol–water partition coefficient (Wildman–Crippen LogP) is 5.82. The van der Waals surface area contributed by atoms with Crippen molar-refractivity contribution in [1.29, 1.82) is 0 Å². The van der Waals surface area contributed by atoms with Crippen LogP contribution in [0.15, 0.2) is 102 Å². The molecule has 0 aliphatic carbocycles. The lowest BCUT2D eigenvalue weighted by molar-refractivity contribution is -0.118. The monoisotopic (exact) mass is 501 g/mol. The minimum absolute atomic E-state index is 0.0618. The molecule has 4 rings (SSSR count). The fraction of sp³-hybridized carbons (Fsp3) is 0.179. The van der Waals surface area contributed by atoms with Gasteiger partial charge >= 0.3 is 0 Å². The highest BCUT2D eigenvalue weighted by Gasteiger charge is 2.49. The number of nitrogens with one attached hydrogen (secondary N) is 1. The standard InChI is InChI=1S/C28H28BrNOSi/c1-28(2,3)32(22-12-6-4-7-13-22,23-14-8-5-9-15-23)30-27(31)20-21-18-19-26(29)25-17-11-10-16-24(21)25/h4-19H,20H2,1-3H3,(H,30,31). The highest BCUT2D eigenvalue weighted by molar-refractivity contribution is 9.10. The van der Waals surface area contributed by atoms with Gasteiger partial charge in [0, 0.05) is 4.47 Å². The first-order chi connectivity index (χ1) is 15.3. The van der Waals surface area contributed by atoms with E-state index in [1.165, 1.54) is 10.4 Å². The second kappa shape index (κ2) is 9.05. The van der Waals surface area contributed by atoms with Crippen LogP contribution in [0.25, 0.3) is 10.8 Å². The van der Waals surface area contributed by atoms with E-state index in [0.29, 0.717) is 6.42 Å². The Labute approximate surface area is 199 Å². The summed E-state index contributed by atoms with van der Waals surface area (Å²) < 4.78 is 1.05. The van der Waals surface area contributed by atoms with Crippen molar-refractivity contribution in [2.45, 2.75) is 32.2 Å². The summed E-state index contributed by atoms with van der Waals surface area (Å²) in [4.78, 5) is 17.3. The van der Waals surface area contributed by atoms with E-state index in [-0.39, 0.29) is 10.9 Å². The lowest BCUT2D eigenvalue weighted by atomic mass is 10.0. The van der Waals surface area contributed by atoms with Crippen molar-refractivity contribution in [1.82, 2.24) is 4.98 Å². The minimum Gasteiger partial charge on any atom is -0.373 e. The van der Waals surface area contributed by atoms with Crippen molar-refractivity contribution in [3.05, 3.63) is 107 Å². The third-order valence-electron chi connectivity index (χ3n) is 6.18. The number of hydrogen-bond donors (Lipinski definition) is 1. The number of carbonyl (C=O) groups excluding carboxylic acids is 1. The zero-order chi connectivity index (χ0) is 22.8. The van der Waals surface area contributed by atoms with Crippen LogP contribution in [0.5, 0.6) is 0 Å². The summed E-state index contributed by atoms with van der Waals surface area (Å²) in [6.45, 7) is 6.73. The molecule has 2 nitrogen and oxygen atoms in total. The first-order valence-electron chi connectivity index (χ1n) is 10.9. The molecule has 0 saturated carbocycles. The Hall–Kier alpha value is -2.69. The van der Waals surface area contributed by atoms with Crippen LogP contribution in [0.4, 0.5) is 0 Å². The highest BCUT2D eigenvalue weighted by Crippen LogP contribution is 2.34. The summed E-state index contributed by atoms with van der Waals surface area (Å²) >= 11 is 3.64. The van der Waals surface area contributed by atoms with E-state index in [1.54, 1.807) is 0 Å². The molecule has 0 saturated heterocycles. The molecule has 0 bridgehead atoms. The van der Waals surface area contributed by atoms with Gasteiger partial charge in [0.25, 0.3) is 0 Å². The van der Waals surface area contributed by atoms with Gasteiger partial charge in [-0.25, -0.2) is 0 Å². The number of amides is 1. The van der Waals surface area contributed by atoms with Crippen molar-refractivity contribution in [2.24, 2.45) is 0 Å². The average molecular weight is 503 g/mol. The number of benzene rings is 4. The first-order valence-corrected chi connectivity index (χ1v) is 13.7. The van der Waals surface area contributed by atoms with Crippen LogP contribution >= 0.6 is 15.9 Å². The Morgan fingerprint density at radius 2 is 1.25 bits per heavy atom. The van der Waals surface area contributed by atoms with Gasteiger partial charge in [0.1, 0.15) is 0 Å². The number of rotatable bonds is 5. The van der Waals surface area contributed by atoms with E-state index >= 15 is 0 Å². The van der Waals surface area contributed by atoms with Gasteiger partial charge in [0.05, 0.1) is 6.42 Å². The van der Waals surface area contributed by atoms with Gasteiger partial charge in [-0.05, 0) is 37.8 Å². The van der Waals surface area contributed by atoms with Crippen LogP contribution in [0.2, 0.25) is 5.04 Å². The van der Waals surface area contributed by atoms with Crippen molar-refractivity contribution < 1.29 is 4.79 Å². The average Bonchev–Trinajstić information content (AvgIpc) is 2.80. The fourth-order valence-electron chi connectivity index (χ4n) is 4.65. The van der Waals surface area contributed by atoms with E-state index in [9.17, 15) is 4.79 Å². The zero-order valence-electron chi connectivity index (χ0n) is 18.7. The zero-order valence-corrected chi connectivity index (χ0v) is 21.3. The molecule has 0 fully saturated rings. The van der Waals surface area contributed by atoms with E-state index < -0.39 is 8.24 Å². The molecular formula is C28H28BrNOSi. The summed E-state index contributed by atoms with van der Waals surface area (Å²) in [7, 11) is -2.65. The molecule has 32 heavy (non-hydrogen) atoms. The Kier molecular flexibility index (Phi) is 6.36. The van der Waals surface area contributed by atoms with Crippen LogP contribution in [-0.4, -0.2) is 14.1 Å². The van der Waals surface area contributed by atoms with Gasteiger partial charge in [-0.2, -0.15) is 0 Å². The Bertz CT molecular complexity index is 1190. The van der Waals surface area contributed by atoms with Gasteiger partial charge in [-0.15, -0.1) is 0 Å². The first kappa shape index (κ1) is 22.5. The van der Waals surface area contributed by atoms with Gasteiger partial charge in [0.2, 0.25) is 14.1 Å². The summed E-state index contributed by atoms with van der Waals surface area (Å²) in [6.07, 6.45) is 0.346. The van der Waals surface area contributed by atoms with Gasteiger partial charge in [-0.1, -0.05) is 128 Å². The van der Waals surface area contributed by atoms with Gasteiger partial charge in [0.15, 0.2) is 0 Å². The maximum absolute atomic E-state index is 13.7. The SMILES string of the molecule is CC(C)(C)[Si](NC(=O)Cc1ccc(Br)c2ccccc12)(c1ccccc1)c1ccccc1. The van der Waals surface area contributed by atoms with Crippen molar-refractivity contribution in [2.75, 3.05) is 0 Å². The Balaban J connectivity index is 1.79. The maximum atomic E-state index is 13.7. The molecule has 0 unspecified atom stereocenters. The van der Waals surface area contributed by atoms with Crippen LogP contribution < -0.4 is 15.4 Å². The fourth-order valence-corrected chi connectivity index (χ4v) is 9.74. The molecule has 0 spiro atoms. The lowest BCUT2D eigenvalue weighted by Gasteiger charge is -2.44. The third-order valence-corrected chi connectivity index (χ3v) is 12.2. The molecule has 4 aromatic rings. The lowest BCUT2D eigenvalue weighted by Crippen LogP contribution is -2.75. The van der Waals surface area contributed by atoms with Crippen LogP contribution in [0.1, 0.15) is 26.3 Å². The van der Waals surface area contributed by atoms with Crippen LogP contribution in [-0.2, 0) is 11.2 Å². The number of carbonyl (C=O) groups is 1. The maximum Gasteiger partial charge on any atom is 0.225 e. The molecule has 4 aromatic carbocycles. The molecule has 0 aliphatic heterocycles. The Morgan fingerprint density at radius 3 is 1.78 bits per heavy atom. The van der Waals surface area contributed by atoms with Crippen LogP contribution in [0.3, 0.4) is 0 Å². The Morgan fingerprint density at radius 1 is 0.750 bits per heavy atom. The number of fused-ring (bicyclic) bond motifs is 1. The summed E-state index contributed by atoms with van der Waals surface area (Å²) in [5.41, 5.74) is 1.04.